The molecule has 0 bridgehead atoms. The Morgan fingerprint density at radius 2 is 1.56 bits per heavy atom. The predicted octanol–water partition coefficient (Wildman–Crippen LogP) is 5.28. The molecule has 0 aromatic heterocycles. The monoisotopic (exact) mass is 516 g/mol. The molecule has 0 heterocycles. The fraction of sp³-hybridized carbons (Fsp3) is 0.400. The molecule has 0 unspecified atom stereocenters. The molecule has 0 amide bonds. The zero-order valence-corrected chi connectivity index (χ0v) is 18.7. The Kier molecular flexibility index (Phi) is 6.93. The molecule has 2 aromatic rings. The van der Waals surface area contributed by atoms with E-state index in [9.17, 15) is 38.8 Å². The van der Waals surface area contributed by atoms with Crippen molar-refractivity contribution in [3.05, 3.63) is 64.7 Å². The minimum absolute atomic E-state index is 0.130. The van der Waals surface area contributed by atoms with E-state index in [-0.39, 0.29) is 34.7 Å². The molecule has 3 atom stereocenters. The summed E-state index contributed by atoms with van der Waals surface area (Å²) in [5.74, 6) is -5.35. The van der Waals surface area contributed by atoms with E-state index in [0.717, 1.165) is 18.2 Å². The van der Waals surface area contributed by atoms with Gasteiger partial charge in [-0.2, -0.15) is 13.2 Å². The van der Waals surface area contributed by atoms with Crippen LogP contribution < -0.4 is 0 Å². The molecule has 0 aliphatic heterocycles. The Morgan fingerprint density at radius 3 is 2.16 bits per heavy atom. The van der Waals surface area contributed by atoms with Gasteiger partial charge < -0.3 is 0 Å². The molecule has 2 aromatic carbocycles. The van der Waals surface area contributed by atoms with E-state index >= 15 is 0 Å². The maximum Gasteiger partial charge on any atom is 0.497 e. The maximum absolute atomic E-state index is 14.5. The van der Waals surface area contributed by atoms with Crippen molar-refractivity contribution >= 4 is 31.3 Å². The van der Waals surface area contributed by atoms with Gasteiger partial charge in [0.05, 0.1) is 15.9 Å². The van der Waals surface area contributed by atoms with Crippen molar-refractivity contribution in [1.29, 1.82) is 0 Å². The smallest absolute Gasteiger partial charge is 0.223 e. The summed E-state index contributed by atoms with van der Waals surface area (Å²) in [5.41, 5.74) is -5.78. The lowest BCUT2D eigenvalue weighted by molar-refractivity contribution is -0.0439. The van der Waals surface area contributed by atoms with Gasteiger partial charge in [-0.3, -0.25) is 0 Å². The first-order valence-corrected chi connectivity index (χ1v) is 13.0. The summed E-state index contributed by atoms with van der Waals surface area (Å²) in [4.78, 5) is -0.130. The van der Waals surface area contributed by atoms with Crippen LogP contribution >= 0.6 is 11.6 Å². The molecule has 176 valence electrons. The van der Waals surface area contributed by atoms with Crippen molar-refractivity contribution in [1.82, 2.24) is 0 Å². The third kappa shape index (κ3) is 5.09. The largest absolute Gasteiger partial charge is 0.497 e. The Hall–Kier alpha value is -1.72. The van der Waals surface area contributed by atoms with Crippen molar-refractivity contribution in [3.8, 4) is 0 Å². The van der Waals surface area contributed by atoms with Crippen LogP contribution in [0.25, 0.3) is 0 Å². The minimum Gasteiger partial charge on any atom is -0.223 e. The number of hydrogen-bond acceptors (Lipinski definition) is 4. The van der Waals surface area contributed by atoms with Crippen molar-refractivity contribution in [3.63, 3.8) is 0 Å². The van der Waals surface area contributed by atoms with Crippen LogP contribution in [-0.2, 0) is 19.7 Å². The van der Waals surface area contributed by atoms with Gasteiger partial charge >= 0.3 is 5.51 Å². The molecule has 12 heteroatoms. The third-order valence-electron chi connectivity index (χ3n) is 5.60. The van der Waals surface area contributed by atoms with Crippen molar-refractivity contribution in [2.45, 2.75) is 40.8 Å². The van der Waals surface area contributed by atoms with Gasteiger partial charge in [0, 0.05) is 10.9 Å². The van der Waals surface area contributed by atoms with Crippen molar-refractivity contribution in [2.75, 3.05) is 5.75 Å². The molecule has 3 rings (SSSR count). The molecule has 1 fully saturated rings. The van der Waals surface area contributed by atoms with Crippen LogP contribution in [0.3, 0.4) is 0 Å². The molecule has 1 aliphatic rings. The average Bonchev–Trinajstić information content (AvgIpc) is 2.69. The molecule has 1 aliphatic carbocycles. The van der Waals surface area contributed by atoms with E-state index in [1.807, 2.05) is 0 Å². The molecule has 0 N–H and O–H groups in total. The first-order valence-electron chi connectivity index (χ1n) is 9.46. The standard InChI is InChI=1S/C20H18ClF5O4S2/c21-13-2-5-15(6-3-13)32(29,30)19-8-1-12(11-31(27,28)20(24,25)26)9-17(19)16-10-14(22)4-7-18(16)23/h2-7,10,12,17,19H,1,8-9,11H2/t12-,17-,19+/m1/s1. The second-order valence-electron chi connectivity index (χ2n) is 7.72. The molecule has 0 saturated heterocycles. The third-order valence-corrected chi connectivity index (χ3v) is 9.76. The number of sulfone groups is 2. The van der Waals surface area contributed by atoms with Gasteiger partial charge in [0.15, 0.2) is 9.84 Å². The second kappa shape index (κ2) is 8.90. The second-order valence-corrected chi connectivity index (χ2v) is 12.3. The molecular formula is C20H18ClF5O4S2. The molecular weight excluding hydrogens is 499 g/mol. The van der Waals surface area contributed by atoms with Gasteiger partial charge in [-0.05, 0) is 73.2 Å². The van der Waals surface area contributed by atoms with Gasteiger partial charge in [-0.1, -0.05) is 11.6 Å². The Balaban J connectivity index is 2.02. The van der Waals surface area contributed by atoms with Gasteiger partial charge in [0.1, 0.15) is 11.6 Å². The first kappa shape index (κ1) is 24.9. The molecule has 32 heavy (non-hydrogen) atoms. The van der Waals surface area contributed by atoms with Gasteiger partial charge in [0.25, 0.3) is 0 Å². The van der Waals surface area contributed by atoms with E-state index in [1.165, 1.54) is 24.3 Å². The highest BCUT2D eigenvalue weighted by atomic mass is 35.5. The zero-order chi connectivity index (χ0) is 23.9. The zero-order valence-electron chi connectivity index (χ0n) is 16.3. The Bertz CT molecular complexity index is 1200. The predicted molar refractivity (Wildman–Crippen MR) is 109 cm³/mol. The summed E-state index contributed by atoms with van der Waals surface area (Å²) in [6, 6.07) is 7.60. The summed E-state index contributed by atoms with van der Waals surface area (Å²) in [5, 5.41) is -1.01. The lowest BCUT2D eigenvalue weighted by atomic mass is 9.78. The summed E-state index contributed by atoms with van der Waals surface area (Å²) < 4.78 is 117. The van der Waals surface area contributed by atoms with Crippen LogP contribution in [0.1, 0.15) is 30.7 Å². The summed E-state index contributed by atoms with van der Waals surface area (Å²) >= 11 is 5.79. The van der Waals surface area contributed by atoms with Crippen molar-refractivity contribution in [2.24, 2.45) is 5.92 Å². The number of halogens is 6. The number of benzene rings is 2. The Labute approximate surface area is 187 Å². The lowest BCUT2D eigenvalue weighted by Crippen LogP contribution is -2.38. The van der Waals surface area contributed by atoms with E-state index in [4.69, 9.17) is 11.6 Å². The summed E-state index contributed by atoms with van der Waals surface area (Å²) in [6.45, 7) is 0. The Morgan fingerprint density at radius 1 is 0.938 bits per heavy atom. The fourth-order valence-electron chi connectivity index (χ4n) is 4.08. The lowest BCUT2D eigenvalue weighted by Gasteiger charge is -2.36. The van der Waals surface area contributed by atoms with E-state index in [2.05, 4.69) is 0 Å². The highest BCUT2D eigenvalue weighted by Gasteiger charge is 2.49. The van der Waals surface area contributed by atoms with Crippen LogP contribution in [0.5, 0.6) is 0 Å². The quantitative estimate of drug-likeness (QED) is 0.507. The SMILES string of the molecule is O=S(=O)(c1ccc(Cl)cc1)[C@H]1CC[C@@H](CS(=O)(=O)C(F)(F)F)C[C@@H]1c1cc(F)ccc1F. The minimum atomic E-state index is -5.46. The topological polar surface area (TPSA) is 68.3 Å². The van der Waals surface area contributed by atoms with E-state index in [1.54, 1.807) is 0 Å². The van der Waals surface area contributed by atoms with Crippen LogP contribution in [0, 0.1) is 17.6 Å². The molecule has 0 radical (unpaired) electrons. The number of alkyl halides is 3. The van der Waals surface area contributed by atoms with Crippen LogP contribution in [0.2, 0.25) is 5.02 Å². The fourth-order valence-corrected chi connectivity index (χ4v) is 7.32. The number of rotatable bonds is 5. The average molecular weight is 517 g/mol. The molecule has 4 nitrogen and oxygen atoms in total. The summed E-state index contributed by atoms with van der Waals surface area (Å²) in [6.07, 6.45) is -0.725. The van der Waals surface area contributed by atoms with Gasteiger partial charge in [-0.15, -0.1) is 0 Å². The maximum atomic E-state index is 14.5. The van der Waals surface area contributed by atoms with E-state index in [0.29, 0.717) is 0 Å². The normalized spacial score (nSPS) is 22.6. The van der Waals surface area contributed by atoms with Crippen LogP contribution in [-0.4, -0.2) is 33.3 Å². The molecule has 0 spiro atoms. The number of hydrogen-bond donors (Lipinski definition) is 0. The van der Waals surface area contributed by atoms with E-state index < -0.39 is 59.7 Å². The summed E-state index contributed by atoms with van der Waals surface area (Å²) in [7, 11) is -9.58. The molecule has 1 saturated carbocycles. The van der Waals surface area contributed by atoms with Crippen LogP contribution in [0.15, 0.2) is 47.4 Å². The highest BCUT2D eigenvalue weighted by molar-refractivity contribution is 7.92. The van der Waals surface area contributed by atoms with Gasteiger partial charge in [-0.25, -0.2) is 25.6 Å². The van der Waals surface area contributed by atoms with Crippen LogP contribution in [0.4, 0.5) is 22.0 Å². The van der Waals surface area contributed by atoms with Crippen molar-refractivity contribution < 1.29 is 38.8 Å². The first-order chi connectivity index (χ1) is 14.7. The highest BCUT2D eigenvalue weighted by Crippen LogP contribution is 2.44. The van der Waals surface area contributed by atoms with Gasteiger partial charge in [0.2, 0.25) is 9.84 Å².